The second-order valence-corrected chi connectivity index (χ2v) is 10.2. The highest BCUT2D eigenvalue weighted by Gasteiger charge is 2.55. The zero-order valence-corrected chi connectivity index (χ0v) is 20.1. The SMILES string of the molecule is CC1CCC(N2C(=O)c3ccc(C(C)(c4ccc5c(c4)C(=O)N(C)C5=O)C(F)(F)F)cc3C2=O)CC1. The van der Waals surface area contributed by atoms with Gasteiger partial charge in [-0.25, -0.2) is 0 Å². The molecule has 9 heteroatoms. The zero-order chi connectivity index (χ0) is 26.2. The molecule has 3 aliphatic rings. The smallest absolute Gasteiger partial charge is 0.277 e. The Morgan fingerprint density at radius 1 is 0.722 bits per heavy atom. The van der Waals surface area contributed by atoms with Gasteiger partial charge in [0.2, 0.25) is 0 Å². The van der Waals surface area contributed by atoms with Gasteiger partial charge in [-0.05, 0) is 73.9 Å². The van der Waals surface area contributed by atoms with Crippen LogP contribution in [0.1, 0.15) is 92.1 Å². The maximum Gasteiger partial charge on any atom is 0.402 e. The molecule has 36 heavy (non-hydrogen) atoms. The molecular weight excluding hydrogens is 473 g/mol. The predicted molar refractivity (Wildman–Crippen MR) is 124 cm³/mol. The van der Waals surface area contributed by atoms with Gasteiger partial charge in [0.1, 0.15) is 5.41 Å². The number of rotatable bonds is 3. The van der Waals surface area contributed by atoms with Crippen LogP contribution in [0.15, 0.2) is 36.4 Å². The molecule has 2 aromatic rings. The van der Waals surface area contributed by atoms with Gasteiger partial charge < -0.3 is 0 Å². The van der Waals surface area contributed by atoms with Crippen LogP contribution >= 0.6 is 0 Å². The Morgan fingerprint density at radius 3 is 1.69 bits per heavy atom. The van der Waals surface area contributed by atoms with Crippen molar-refractivity contribution >= 4 is 23.6 Å². The van der Waals surface area contributed by atoms with Gasteiger partial charge in [-0.2, -0.15) is 13.2 Å². The van der Waals surface area contributed by atoms with Crippen LogP contribution in [0.25, 0.3) is 0 Å². The van der Waals surface area contributed by atoms with Crippen molar-refractivity contribution in [2.75, 3.05) is 7.05 Å². The topological polar surface area (TPSA) is 74.8 Å². The molecule has 188 valence electrons. The first-order valence-electron chi connectivity index (χ1n) is 11.9. The quantitative estimate of drug-likeness (QED) is 0.561. The predicted octanol–water partition coefficient (Wildman–Crippen LogP) is 4.96. The molecule has 5 rings (SSSR count). The number of nitrogens with zero attached hydrogens (tertiary/aromatic N) is 2. The van der Waals surface area contributed by atoms with E-state index in [4.69, 9.17) is 0 Å². The minimum atomic E-state index is -4.81. The molecule has 2 heterocycles. The highest BCUT2D eigenvalue weighted by atomic mass is 19.4. The summed E-state index contributed by atoms with van der Waals surface area (Å²) in [5.74, 6) is -1.79. The molecule has 0 spiro atoms. The van der Waals surface area contributed by atoms with Gasteiger partial charge in [0.15, 0.2) is 0 Å². The number of hydrogen-bond donors (Lipinski definition) is 0. The number of amides is 4. The van der Waals surface area contributed by atoms with E-state index in [2.05, 4.69) is 6.92 Å². The molecule has 1 atom stereocenters. The van der Waals surface area contributed by atoms with Crippen LogP contribution in [-0.2, 0) is 5.41 Å². The van der Waals surface area contributed by atoms with Gasteiger partial charge in [-0.3, -0.25) is 29.0 Å². The van der Waals surface area contributed by atoms with Crippen molar-refractivity contribution in [3.05, 3.63) is 69.8 Å². The summed E-state index contributed by atoms with van der Waals surface area (Å²) in [5.41, 5.74) is -3.05. The van der Waals surface area contributed by atoms with Crippen molar-refractivity contribution in [1.29, 1.82) is 0 Å². The average molecular weight is 499 g/mol. The average Bonchev–Trinajstić information content (AvgIpc) is 3.22. The summed E-state index contributed by atoms with van der Waals surface area (Å²) < 4.78 is 44.0. The molecule has 4 amide bonds. The normalized spacial score (nSPS) is 23.7. The Kier molecular flexibility index (Phi) is 5.39. The van der Waals surface area contributed by atoms with Crippen molar-refractivity contribution in [2.24, 2.45) is 5.92 Å². The van der Waals surface area contributed by atoms with Crippen LogP contribution in [0.2, 0.25) is 0 Å². The second-order valence-electron chi connectivity index (χ2n) is 10.2. The third-order valence-electron chi connectivity index (χ3n) is 8.08. The Hall–Kier alpha value is -3.49. The van der Waals surface area contributed by atoms with E-state index in [1.54, 1.807) is 0 Å². The van der Waals surface area contributed by atoms with E-state index in [-0.39, 0.29) is 39.4 Å². The molecular formula is C27H25F3N2O4. The molecule has 6 nitrogen and oxygen atoms in total. The minimum absolute atomic E-state index is 0.0428. The van der Waals surface area contributed by atoms with E-state index in [9.17, 15) is 32.3 Å². The van der Waals surface area contributed by atoms with E-state index in [0.29, 0.717) is 18.8 Å². The number of alkyl halides is 3. The summed E-state index contributed by atoms with van der Waals surface area (Å²) >= 11 is 0. The van der Waals surface area contributed by atoms with E-state index in [1.807, 2.05) is 0 Å². The fourth-order valence-corrected chi connectivity index (χ4v) is 5.57. The molecule has 1 unspecified atom stereocenters. The Labute approximate surface area is 206 Å². The molecule has 1 fully saturated rings. The first kappa shape index (κ1) is 24.2. The van der Waals surface area contributed by atoms with Crippen molar-refractivity contribution in [2.45, 2.75) is 57.2 Å². The fourth-order valence-electron chi connectivity index (χ4n) is 5.57. The van der Waals surface area contributed by atoms with Gasteiger partial charge in [0.25, 0.3) is 23.6 Å². The van der Waals surface area contributed by atoms with Crippen LogP contribution in [0.4, 0.5) is 13.2 Å². The molecule has 0 saturated heterocycles. The summed E-state index contributed by atoms with van der Waals surface area (Å²) in [4.78, 5) is 53.0. The second kappa shape index (κ2) is 8.01. The first-order chi connectivity index (χ1) is 16.9. The highest BCUT2D eigenvalue weighted by Crippen LogP contribution is 2.48. The highest BCUT2D eigenvalue weighted by molar-refractivity contribution is 6.22. The van der Waals surface area contributed by atoms with Crippen molar-refractivity contribution in [3.63, 3.8) is 0 Å². The number of hydrogen-bond acceptors (Lipinski definition) is 4. The summed E-state index contributed by atoms with van der Waals surface area (Å²) in [6, 6.07) is 6.91. The summed E-state index contributed by atoms with van der Waals surface area (Å²) in [5, 5.41) is 0. The maximum atomic E-state index is 14.7. The standard InChI is InChI=1S/C27H25F3N2O4/c1-14-4-8-17(9-5-14)32-24(35)19-11-7-16(13-21(19)25(32)36)26(2,27(28,29)30)15-6-10-18-20(12-15)23(34)31(3)22(18)33/h6-7,10-14,17H,4-5,8-9H2,1-3H3. The monoisotopic (exact) mass is 498 g/mol. The number of halogens is 3. The lowest BCUT2D eigenvalue weighted by Crippen LogP contribution is -2.42. The van der Waals surface area contributed by atoms with Crippen molar-refractivity contribution in [1.82, 2.24) is 9.80 Å². The third-order valence-corrected chi connectivity index (χ3v) is 8.08. The lowest BCUT2D eigenvalue weighted by atomic mass is 9.74. The summed E-state index contributed by atoms with van der Waals surface area (Å²) in [6.07, 6.45) is -1.70. The lowest BCUT2D eigenvalue weighted by Gasteiger charge is -2.33. The van der Waals surface area contributed by atoms with Crippen molar-refractivity contribution in [3.8, 4) is 0 Å². The molecule has 0 aromatic heterocycles. The summed E-state index contributed by atoms with van der Waals surface area (Å²) in [6.45, 7) is 3.09. The van der Waals surface area contributed by atoms with E-state index < -0.39 is 35.2 Å². The molecule has 1 saturated carbocycles. The Balaban J connectivity index is 1.58. The molecule has 0 radical (unpaired) electrons. The van der Waals surface area contributed by atoms with E-state index in [1.165, 1.54) is 36.2 Å². The Bertz CT molecular complexity index is 1330. The van der Waals surface area contributed by atoms with Crippen LogP contribution in [-0.4, -0.2) is 52.7 Å². The van der Waals surface area contributed by atoms with Gasteiger partial charge >= 0.3 is 6.18 Å². The molecule has 0 bridgehead atoms. The first-order valence-corrected chi connectivity index (χ1v) is 11.9. The van der Waals surface area contributed by atoms with Crippen molar-refractivity contribution < 1.29 is 32.3 Å². The van der Waals surface area contributed by atoms with Gasteiger partial charge in [-0.15, -0.1) is 0 Å². The number of fused-ring (bicyclic) bond motifs is 2. The Morgan fingerprint density at radius 2 is 1.17 bits per heavy atom. The van der Waals surface area contributed by atoms with Crippen LogP contribution < -0.4 is 0 Å². The van der Waals surface area contributed by atoms with E-state index in [0.717, 1.165) is 36.8 Å². The number of carbonyl (C=O) groups is 4. The molecule has 2 aliphatic heterocycles. The van der Waals surface area contributed by atoms with Crippen LogP contribution in [0.5, 0.6) is 0 Å². The molecule has 0 N–H and O–H groups in total. The van der Waals surface area contributed by atoms with Gasteiger partial charge in [-0.1, -0.05) is 19.1 Å². The fraction of sp³-hybridized carbons (Fsp3) is 0.407. The minimum Gasteiger partial charge on any atom is -0.277 e. The lowest BCUT2D eigenvalue weighted by molar-refractivity contribution is -0.173. The third kappa shape index (κ3) is 3.32. The number of benzene rings is 2. The zero-order valence-electron chi connectivity index (χ0n) is 20.1. The largest absolute Gasteiger partial charge is 0.402 e. The van der Waals surface area contributed by atoms with E-state index >= 15 is 0 Å². The summed E-state index contributed by atoms with van der Waals surface area (Å²) in [7, 11) is 1.27. The maximum absolute atomic E-state index is 14.7. The number of carbonyl (C=O) groups excluding carboxylic acids is 4. The van der Waals surface area contributed by atoms with Crippen LogP contribution in [0.3, 0.4) is 0 Å². The van der Waals surface area contributed by atoms with Crippen LogP contribution in [0, 0.1) is 5.92 Å². The number of imide groups is 2. The molecule has 2 aromatic carbocycles. The molecule has 1 aliphatic carbocycles. The van der Waals surface area contributed by atoms with Gasteiger partial charge in [0, 0.05) is 13.1 Å². The van der Waals surface area contributed by atoms with Gasteiger partial charge in [0.05, 0.1) is 22.3 Å².